The molecule has 1 heterocycles. The van der Waals surface area contributed by atoms with E-state index < -0.39 is 0 Å². The number of fused-ring (bicyclic) bond motifs is 1. The molecule has 0 spiro atoms. The predicted octanol–water partition coefficient (Wildman–Crippen LogP) is 2.98. The second-order valence-electron chi connectivity index (χ2n) is 5.33. The van der Waals surface area contributed by atoms with Crippen LogP contribution in [0.5, 0.6) is 0 Å². The summed E-state index contributed by atoms with van der Waals surface area (Å²) in [6.07, 6.45) is 5.30. The van der Waals surface area contributed by atoms with Gasteiger partial charge in [0.2, 0.25) is 0 Å². The minimum Gasteiger partial charge on any atom is -0.392 e. The standard InChI is InChI=1S/C15H20N2O/c1-17-13-9-6-5-8-12(13)16-15(17)11-7-3-2-4-10-14(11)18/h5-6,8-9,11,14,18H,2-4,7,10H2,1H3/t11-,14-/m1/s1. The normalized spacial score (nSPS) is 25.2. The predicted molar refractivity (Wildman–Crippen MR) is 72.5 cm³/mol. The molecule has 0 radical (unpaired) electrons. The Morgan fingerprint density at radius 3 is 2.78 bits per heavy atom. The molecule has 1 N–H and O–H groups in total. The molecule has 96 valence electrons. The number of hydrogen-bond donors (Lipinski definition) is 1. The second-order valence-corrected chi connectivity index (χ2v) is 5.33. The minimum atomic E-state index is -0.233. The van der Waals surface area contributed by atoms with Crippen molar-refractivity contribution < 1.29 is 5.11 Å². The molecule has 1 aromatic carbocycles. The number of benzene rings is 1. The smallest absolute Gasteiger partial charge is 0.115 e. The van der Waals surface area contributed by atoms with E-state index in [0.29, 0.717) is 0 Å². The molecule has 0 unspecified atom stereocenters. The highest BCUT2D eigenvalue weighted by Gasteiger charge is 2.27. The number of aliphatic hydroxyl groups excluding tert-OH is 1. The number of para-hydroxylation sites is 2. The van der Waals surface area contributed by atoms with Crippen molar-refractivity contribution in [2.45, 2.75) is 44.1 Å². The van der Waals surface area contributed by atoms with Crippen molar-refractivity contribution in [3.63, 3.8) is 0 Å². The summed E-state index contributed by atoms with van der Waals surface area (Å²) in [4.78, 5) is 4.73. The Kier molecular flexibility index (Phi) is 3.08. The van der Waals surface area contributed by atoms with Gasteiger partial charge in [0.25, 0.3) is 0 Å². The topological polar surface area (TPSA) is 38.0 Å². The maximum Gasteiger partial charge on any atom is 0.115 e. The van der Waals surface area contributed by atoms with Gasteiger partial charge in [-0.3, -0.25) is 0 Å². The number of hydrogen-bond acceptors (Lipinski definition) is 2. The summed E-state index contributed by atoms with van der Waals surface area (Å²) in [6, 6.07) is 8.19. The molecule has 1 aromatic heterocycles. The Labute approximate surface area is 107 Å². The molecule has 0 amide bonds. The fourth-order valence-electron chi connectivity index (χ4n) is 3.09. The lowest BCUT2D eigenvalue weighted by atomic mass is 9.96. The Hall–Kier alpha value is -1.35. The van der Waals surface area contributed by atoms with E-state index >= 15 is 0 Å². The third kappa shape index (κ3) is 1.93. The van der Waals surface area contributed by atoms with Gasteiger partial charge in [0.15, 0.2) is 0 Å². The van der Waals surface area contributed by atoms with Crippen LogP contribution in [0.1, 0.15) is 43.8 Å². The number of aromatic nitrogens is 2. The van der Waals surface area contributed by atoms with Gasteiger partial charge in [0, 0.05) is 13.0 Å². The first-order chi connectivity index (χ1) is 8.77. The van der Waals surface area contributed by atoms with Crippen LogP contribution < -0.4 is 0 Å². The highest BCUT2D eigenvalue weighted by Crippen LogP contribution is 2.32. The Bertz CT molecular complexity index is 546. The zero-order valence-electron chi connectivity index (χ0n) is 10.8. The van der Waals surface area contributed by atoms with Crippen molar-refractivity contribution in [3.8, 4) is 0 Å². The van der Waals surface area contributed by atoms with E-state index in [1.165, 1.54) is 12.8 Å². The van der Waals surface area contributed by atoms with Crippen LogP contribution >= 0.6 is 0 Å². The summed E-state index contributed by atoms with van der Waals surface area (Å²) in [6.45, 7) is 0. The average Bonchev–Trinajstić information content (AvgIpc) is 2.57. The van der Waals surface area contributed by atoms with Crippen LogP contribution in [0.2, 0.25) is 0 Å². The van der Waals surface area contributed by atoms with E-state index in [0.717, 1.165) is 36.1 Å². The molecule has 0 aliphatic heterocycles. The number of aryl methyl sites for hydroxylation is 1. The SMILES string of the molecule is Cn1c([C@@H]2CCCCC[C@H]2O)nc2ccccc21. The summed E-state index contributed by atoms with van der Waals surface area (Å²) >= 11 is 0. The van der Waals surface area contributed by atoms with Crippen LogP contribution in [0.15, 0.2) is 24.3 Å². The van der Waals surface area contributed by atoms with E-state index in [1.807, 2.05) is 18.2 Å². The van der Waals surface area contributed by atoms with Gasteiger partial charge < -0.3 is 9.67 Å². The van der Waals surface area contributed by atoms with Crippen molar-refractivity contribution in [2.24, 2.45) is 7.05 Å². The first kappa shape index (κ1) is 11.7. The van der Waals surface area contributed by atoms with Crippen molar-refractivity contribution in [3.05, 3.63) is 30.1 Å². The number of imidazole rings is 1. The van der Waals surface area contributed by atoms with Gasteiger partial charge in [-0.25, -0.2) is 4.98 Å². The van der Waals surface area contributed by atoms with E-state index in [4.69, 9.17) is 4.98 Å². The van der Waals surface area contributed by atoms with Crippen LogP contribution in [0.3, 0.4) is 0 Å². The van der Waals surface area contributed by atoms with E-state index in [9.17, 15) is 5.11 Å². The number of nitrogens with zero attached hydrogens (tertiary/aromatic N) is 2. The first-order valence-corrected chi connectivity index (χ1v) is 6.87. The molecule has 1 saturated carbocycles. The van der Waals surface area contributed by atoms with Crippen molar-refractivity contribution in [1.82, 2.24) is 9.55 Å². The van der Waals surface area contributed by atoms with Crippen molar-refractivity contribution >= 4 is 11.0 Å². The molecule has 1 fully saturated rings. The van der Waals surface area contributed by atoms with Gasteiger partial charge in [0.05, 0.1) is 17.1 Å². The molecule has 0 bridgehead atoms. The quantitative estimate of drug-likeness (QED) is 0.783. The number of rotatable bonds is 1. The summed E-state index contributed by atoms with van der Waals surface area (Å²) in [5.41, 5.74) is 2.19. The Morgan fingerprint density at radius 1 is 1.17 bits per heavy atom. The third-order valence-electron chi connectivity index (χ3n) is 4.13. The highest BCUT2D eigenvalue weighted by molar-refractivity contribution is 5.75. The summed E-state index contributed by atoms with van der Waals surface area (Å²) in [7, 11) is 2.06. The molecular formula is C15H20N2O. The maximum absolute atomic E-state index is 10.3. The molecule has 2 aromatic rings. The van der Waals surface area contributed by atoms with E-state index in [-0.39, 0.29) is 12.0 Å². The fraction of sp³-hybridized carbons (Fsp3) is 0.533. The molecule has 3 heteroatoms. The molecule has 3 rings (SSSR count). The van der Waals surface area contributed by atoms with Gasteiger partial charge in [-0.1, -0.05) is 31.4 Å². The van der Waals surface area contributed by atoms with Crippen molar-refractivity contribution in [2.75, 3.05) is 0 Å². The average molecular weight is 244 g/mol. The van der Waals surface area contributed by atoms with Crippen molar-refractivity contribution in [1.29, 1.82) is 0 Å². The van der Waals surface area contributed by atoms with E-state index in [1.54, 1.807) is 0 Å². The molecule has 0 saturated heterocycles. The zero-order chi connectivity index (χ0) is 12.5. The Balaban J connectivity index is 2.04. The Morgan fingerprint density at radius 2 is 1.94 bits per heavy atom. The number of aliphatic hydroxyl groups is 1. The lowest BCUT2D eigenvalue weighted by Crippen LogP contribution is -2.20. The first-order valence-electron chi connectivity index (χ1n) is 6.87. The fourth-order valence-corrected chi connectivity index (χ4v) is 3.09. The van der Waals surface area contributed by atoms with Gasteiger partial charge in [-0.2, -0.15) is 0 Å². The maximum atomic E-state index is 10.3. The molecule has 3 nitrogen and oxygen atoms in total. The molecule has 2 atom stereocenters. The summed E-state index contributed by atoms with van der Waals surface area (Å²) in [5.74, 6) is 1.25. The monoisotopic (exact) mass is 244 g/mol. The lowest BCUT2D eigenvalue weighted by molar-refractivity contribution is 0.131. The van der Waals surface area contributed by atoms with Gasteiger partial charge >= 0.3 is 0 Å². The lowest BCUT2D eigenvalue weighted by Gasteiger charge is -2.19. The van der Waals surface area contributed by atoms with Crippen LogP contribution in [-0.4, -0.2) is 20.8 Å². The highest BCUT2D eigenvalue weighted by atomic mass is 16.3. The second kappa shape index (κ2) is 4.73. The third-order valence-corrected chi connectivity index (χ3v) is 4.13. The molecule has 1 aliphatic rings. The van der Waals surface area contributed by atoms with Gasteiger partial charge in [0.1, 0.15) is 5.82 Å². The van der Waals surface area contributed by atoms with Crippen LogP contribution in [-0.2, 0) is 7.05 Å². The van der Waals surface area contributed by atoms with E-state index in [2.05, 4.69) is 17.7 Å². The zero-order valence-corrected chi connectivity index (χ0v) is 10.8. The van der Waals surface area contributed by atoms with Gasteiger partial charge in [-0.05, 0) is 25.0 Å². The summed E-state index contributed by atoms with van der Waals surface area (Å²) < 4.78 is 2.15. The molecular weight excluding hydrogens is 224 g/mol. The minimum absolute atomic E-state index is 0.199. The van der Waals surface area contributed by atoms with Crippen LogP contribution in [0.4, 0.5) is 0 Å². The van der Waals surface area contributed by atoms with Crippen LogP contribution in [0.25, 0.3) is 11.0 Å². The summed E-state index contributed by atoms with van der Waals surface area (Å²) in [5, 5.41) is 10.3. The molecule has 18 heavy (non-hydrogen) atoms. The van der Waals surface area contributed by atoms with Crippen LogP contribution in [0, 0.1) is 0 Å². The largest absolute Gasteiger partial charge is 0.392 e. The van der Waals surface area contributed by atoms with Gasteiger partial charge in [-0.15, -0.1) is 0 Å². The molecule has 1 aliphatic carbocycles.